The molecule has 0 heterocycles. The molecule has 0 unspecified atom stereocenters. The van der Waals surface area contributed by atoms with Crippen LogP contribution in [0.3, 0.4) is 0 Å². The number of nitrogens with one attached hydrogen (secondary N) is 1. The fourth-order valence-corrected chi connectivity index (χ4v) is 1.06. The molecular formula is C11H26N2O2. The highest BCUT2D eigenvalue weighted by Gasteiger charge is 2.15. The van der Waals surface area contributed by atoms with Gasteiger partial charge in [0.25, 0.3) is 0 Å². The maximum absolute atomic E-state index is 11.2. The van der Waals surface area contributed by atoms with Gasteiger partial charge in [0.15, 0.2) is 0 Å². The van der Waals surface area contributed by atoms with Crippen molar-refractivity contribution < 1.29 is 9.53 Å². The minimum Gasteiger partial charge on any atom is -0.444 e. The molecule has 0 saturated heterocycles. The molecule has 4 nitrogen and oxygen atoms in total. The van der Waals surface area contributed by atoms with E-state index >= 15 is 0 Å². The molecule has 0 aliphatic heterocycles. The second kappa shape index (κ2) is 8.53. The Morgan fingerprint density at radius 2 is 1.80 bits per heavy atom. The zero-order valence-electron chi connectivity index (χ0n) is 10.6. The lowest BCUT2D eigenvalue weighted by Crippen LogP contribution is -2.32. The molecule has 0 radical (unpaired) electrons. The SMILES string of the molecule is CCCCCCNC(=O)OC(C)(C)C.N. The van der Waals surface area contributed by atoms with Gasteiger partial charge in [-0.2, -0.15) is 0 Å². The number of alkyl carbamates (subject to hydrolysis) is 1. The lowest BCUT2D eigenvalue weighted by atomic mass is 10.2. The topological polar surface area (TPSA) is 73.3 Å². The summed E-state index contributed by atoms with van der Waals surface area (Å²) in [6, 6.07) is 0. The number of ether oxygens (including phenoxy) is 1. The summed E-state index contributed by atoms with van der Waals surface area (Å²) in [5.74, 6) is 0. The number of hydrogen-bond acceptors (Lipinski definition) is 3. The number of hydrogen-bond donors (Lipinski definition) is 2. The minimum absolute atomic E-state index is 0. The highest BCUT2D eigenvalue weighted by molar-refractivity contribution is 5.67. The van der Waals surface area contributed by atoms with E-state index < -0.39 is 5.60 Å². The van der Waals surface area contributed by atoms with Crippen molar-refractivity contribution in [2.45, 2.75) is 59.0 Å². The molecule has 0 aliphatic rings. The maximum atomic E-state index is 11.2. The van der Waals surface area contributed by atoms with E-state index in [9.17, 15) is 4.79 Å². The Kier molecular flexibility index (Phi) is 9.47. The lowest BCUT2D eigenvalue weighted by molar-refractivity contribution is 0.0527. The van der Waals surface area contributed by atoms with Crippen LogP contribution in [0, 0.1) is 0 Å². The van der Waals surface area contributed by atoms with Crippen LogP contribution in [0.4, 0.5) is 4.79 Å². The van der Waals surface area contributed by atoms with Crippen molar-refractivity contribution in [1.29, 1.82) is 0 Å². The van der Waals surface area contributed by atoms with E-state index in [4.69, 9.17) is 4.74 Å². The molecular weight excluding hydrogens is 192 g/mol. The molecule has 92 valence electrons. The molecule has 0 bridgehead atoms. The molecule has 15 heavy (non-hydrogen) atoms. The standard InChI is InChI=1S/C11H23NO2.H3N/c1-5-6-7-8-9-12-10(13)14-11(2,3)4;/h5-9H2,1-4H3,(H,12,13);1H3. The molecule has 0 aromatic rings. The van der Waals surface area contributed by atoms with Crippen molar-refractivity contribution in [3.05, 3.63) is 0 Å². The summed E-state index contributed by atoms with van der Waals surface area (Å²) in [7, 11) is 0. The van der Waals surface area contributed by atoms with E-state index in [0.717, 1.165) is 13.0 Å². The predicted octanol–water partition coefficient (Wildman–Crippen LogP) is 3.25. The lowest BCUT2D eigenvalue weighted by Gasteiger charge is -2.19. The predicted molar refractivity (Wildman–Crippen MR) is 63.4 cm³/mol. The van der Waals surface area contributed by atoms with Crippen LogP contribution in [0.15, 0.2) is 0 Å². The fourth-order valence-electron chi connectivity index (χ4n) is 1.06. The molecule has 0 aromatic carbocycles. The normalized spacial score (nSPS) is 10.4. The first-order chi connectivity index (χ1) is 6.45. The van der Waals surface area contributed by atoms with E-state index in [0.29, 0.717) is 0 Å². The van der Waals surface area contributed by atoms with Gasteiger partial charge in [-0.25, -0.2) is 4.79 Å². The average molecular weight is 218 g/mol. The monoisotopic (exact) mass is 218 g/mol. The Morgan fingerprint density at radius 3 is 2.27 bits per heavy atom. The Hall–Kier alpha value is -0.770. The zero-order chi connectivity index (χ0) is 11.0. The van der Waals surface area contributed by atoms with E-state index in [-0.39, 0.29) is 12.2 Å². The first-order valence-electron chi connectivity index (χ1n) is 5.42. The number of carbonyl (C=O) groups excluding carboxylic acids is 1. The zero-order valence-corrected chi connectivity index (χ0v) is 10.6. The summed E-state index contributed by atoms with van der Waals surface area (Å²) in [5, 5.41) is 2.74. The van der Waals surface area contributed by atoms with E-state index in [2.05, 4.69) is 12.2 Å². The van der Waals surface area contributed by atoms with Gasteiger partial charge in [0.05, 0.1) is 0 Å². The van der Waals surface area contributed by atoms with Gasteiger partial charge in [-0.05, 0) is 27.2 Å². The van der Waals surface area contributed by atoms with Crippen LogP contribution >= 0.6 is 0 Å². The smallest absolute Gasteiger partial charge is 0.407 e. The average Bonchev–Trinajstić information content (AvgIpc) is 2.00. The molecule has 1 amide bonds. The van der Waals surface area contributed by atoms with Crippen LogP contribution < -0.4 is 11.5 Å². The second-order valence-electron chi connectivity index (χ2n) is 4.49. The fraction of sp³-hybridized carbons (Fsp3) is 0.909. The molecule has 0 spiro atoms. The maximum Gasteiger partial charge on any atom is 0.407 e. The van der Waals surface area contributed by atoms with Crippen molar-refractivity contribution in [3.63, 3.8) is 0 Å². The Labute approximate surface area is 93.3 Å². The first-order valence-corrected chi connectivity index (χ1v) is 5.42. The van der Waals surface area contributed by atoms with E-state index in [1.807, 2.05) is 20.8 Å². The molecule has 0 rings (SSSR count). The van der Waals surface area contributed by atoms with E-state index in [1.165, 1.54) is 19.3 Å². The van der Waals surface area contributed by atoms with Crippen LogP contribution in [-0.4, -0.2) is 18.2 Å². The summed E-state index contributed by atoms with van der Waals surface area (Å²) in [6.45, 7) is 8.48. The Balaban J connectivity index is 0. The van der Waals surface area contributed by atoms with Crippen molar-refractivity contribution in [3.8, 4) is 0 Å². The van der Waals surface area contributed by atoms with Gasteiger partial charge in [0.2, 0.25) is 0 Å². The largest absolute Gasteiger partial charge is 0.444 e. The summed E-state index contributed by atoms with van der Waals surface area (Å²) in [6.07, 6.45) is 4.34. The molecule has 0 aliphatic carbocycles. The molecule has 0 fully saturated rings. The summed E-state index contributed by atoms with van der Waals surface area (Å²) < 4.78 is 5.09. The third kappa shape index (κ3) is 13.2. The summed E-state index contributed by atoms with van der Waals surface area (Å²) in [4.78, 5) is 11.2. The second-order valence-corrected chi connectivity index (χ2v) is 4.49. The number of unbranched alkanes of at least 4 members (excludes halogenated alkanes) is 3. The Morgan fingerprint density at radius 1 is 1.20 bits per heavy atom. The molecule has 0 aromatic heterocycles. The van der Waals surface area contributed by atoms with Gasteiger partial charge in [-0.1, -0.05) is 26.2 Å². The molecule has 4 N–H and O–H groups in total. The van der Waals surface area contributed by atoms with Gasteiger partial charge in [0.1, 0.15) is 5.60 Å². The Bertz CT molecular complexity index is 164. The highest BCUT2D eigenvalue weighted by Crippen LogP contribution is 2.06. The van der Waals surface area contributed by atoms with Crippen LogP contribution in [-0.2, 0) is 4.74 Å². The number of rotatable bonds is 5. The van der Waals surface area contributed by atoms with Crippen LogP contribution in [0.1, 0.15) is 53.4 Å². The minimum atomic E-state index is -0.395. The molecule has 0 atom stereocenters. The van der Waals surface area contributed by atoms with Crippen molar-refractivity contribution in [2.24, 2.45) is 0 Å². The summed E-state index contributed by atoms with van der Waals surface area (Å²) in [5.41, 5.74) is -0.395. The summed E-state index contributed by atoms with van der Waals surface area (Å²) >= 11 is 0. The third-order valence-electron chi connectivity index (χ3n) is 1.70. The van der Waals surface area contributed by atoms with E-state index in [1.54, 1.807) is 0 Å². The highest BCUT2D eigenvalue weighted by atomic mass is 16.6. The van der Waals surface area contributed by atoms with Crippen molar-refractivity contribution in [2.75, 3.05) is 6.54 Å². The van der Waals surface area contributed by atoms with Crippen molar-refractivity contribution >= 4 is 6.09 Å². The number of carbonyl (C=O) groups is 1. The van der Waals surface area contributed by atoms with Gasteiger partial charge >= 0.3 is 6.09 Å². The third-order valence-corrected chi connectivity index (χ3v) is 1.70. The molecule has 0 saturated carbocycles. The van der Waals surface area contributed by atoms with Crippen molar-refractivity contribution in [1.82, 2.24) is 11.5 Å². The molecule has 4 heteroatoms. The van der Waals surface area contributed by atoms with Crippen LogP contribution in [0.5, 0.6) is 0 Å². The van der Waals surface area contributed by atoms with Crippen LogP contribution in [0.25, 0.3) is 0 Å². The number of amides is 1. The van der Waals surface area contributed by atoms with Gasteiger partial charge < -0.3 is 16.2 Å². The van der Waals surface area contributed by atoms with Gasteiger partial charge in [0, 0.05) is 6.54 Å². The van der Waals surface area contributed by atoms with Gasteiger partial charge in [-0.3, -0.25) is 0 Å². The van der Waals surface area contributed by atoms with Gasteiger partial charge in [-0.15, -0.1) is 0 Å². The first kappa shape index (κ1) is 16.7. The quantitative estimate of drug-likeness (QED) is 0.696. The van der Waals surface area contributed by atoms with Crippen LogP contribution in [0.2, 0.25) is 0 Å².